The number of benzene rings is 2. The number of methoxy groups -OCH3 is 1. The Morgan fingerprint density at radius 3 is 2.39 bits per heavy atom. The van der Waals surface area contributed by atoms with Crippen molar-refractivity contribution in [2.45, 2.75) is 26.7 Å². The maximum absolute atomic E-state index is 12.9. The summed E-state index contributed by atoms with van der Waals surface area (Å²) in [5, 5.41) is 4.77. The molecule has 7 nitrogen and oxygen atoms in total. The third-order valence-corrected chi connectivity index (χ3v) is 6.10. The number of hydrogen-bond donors (Lipinski definition) is 0. The number of hydrogen-bond acceptors (Lipinski definition) is 5. The van der Waals surface area contributed by atoms with Gasteiger partial charge < -0.3 is 19.3 Å². The fourth-order valence-corrected chi connectivity index (χ4v) is 4.07. The number of carbonyl (C=O) groups is 1. The molecule has 2 aromatic carbocycles. The summed E-state index contributed by atoms with van der Waals surface area (Å²) in [7, 11) is 3.74. The number of likely N-dealkylation sites (N-methyl/N-ethyl adjacent to an activating group) is 1. The molecule has 0 radical (unpaired) electrons. The van der Waals surface area contributed by atoms with E-state index in [-0.39, 0.29) is 5.91 Å². The first kappa shape index (κ1) is 22.9. The zero-order valence-corrected chi connectivity index (χ0v) is 19.9. The van der Waals surface area contributed by atoms with Crippen molar-refractivity contribution in [1.82, 2.24) is 19.6 Å². The van der Waals surface area contributed by atoms with Crippen LogP contribution in [0.3, 0.4) is 0 Å². The van der Waals surface area contributed by atoms with E-state index < -0.39 is 0 Å². The van der Waals surface area contributed by atoms with E-state index >= 15 is 0 Å². The molecule has 4 rings (SSSR count). The van der Waals surface area contributed by atoms with Crippen LogP contribution in [0.25, 0.3) is 5.69 Å². The van der Waals surface area contributed by atoms with Crippen LogP contribution < -0.4 is 9.47 Å². The predicted molar refractivity (Wildman–Crippen MR) is 129 cm³/mol. The molecule has 1 saturated heterocycles. The molecule has 3 aromatic rings. The molecule has 33 heavy (non-hydrogen) atoms. The topological polar surface area (TPSA) is 59.8 Å². The Morgan fingerprint density at radius 2 is 1.73 bits per heavy atom. The second-order valence-electron chi connectivity index (χ2n) is 8.58. The Balaban J connectivity index is 1.62. The number of amides is 1. The normalized spacial score (nSPS) is 14.4. The highest BCUT2D eigenvalue weighted by molar-refractivity contribution is 5.76. The van der Waals surface area contributed by atoms with E-state index in [4.69, 9.17) is 14.6 Å². The molecule has 0 aliphatic carbocycles. The molecule has 1 aliphatic heterocycles. The molecule has 1 fully saturated rings. The number of aromatic nitrogens is 2. The van der Waals surface area contributed by atoms with Crippen molar-refractivity contribution in [3.8, 4) is 23.1 Å². The summed E-state index contributed by atoms with van der Waals surface area (Å²) in [4.78, 5) is 17.1. The number of ether oxygens (including phenoxy) is 2. The molecule has 1 amide bonds. The molecular formula is C26H32N4O3. The van der Waals surface area contributed by atoms with Crippen molar-refractivity contribution in [2.75, 3.05) is 40.3 Å². The summed E-state index contributed by atoms with van der Waals surface area (Å²) >= 11 is 0. The average Bonchev–Trinajstić information content (AvgIpc) is 3.12. The van der Waals surface area contributed by atoms with Crippen molar-refractivity contribution in [2.24, 2.45) is 0 Å². The Hall–Kier alpha value is -3.32. The molecular weight excluding hydrogens is 416 g/mol. The fourth-order valence-electron chi connectivity index (χ4n) is 4.07. The van der Waals surface area contributed by atoms with Crippen molar-refractivity contribution >= 4 is 5.91 Å². The highest BCUT2D eigenvalue weighted by Crippen LogP contribution is 2.32. The van der Waals surface area contributed by atoms with E-state index in [2.05, 4.69) is 11.9 Å². The van der Waals surface area contributed by atoms with Crippen LogP contribution >= 0.6 is 0 Å². The van der Waals surface area contributed by atoms with Gasteiger partial charge in [-0.05, 0) is 69.3 Å². The van der Waals surface area contributed by atoms with Crippen LogP contribution in [0, 0.1) is 13.8 Å². The molecule has 0 N–H and O–H groups in total. The van der Waals surface area contributed by atoms with Gasteiger partial charge in [-0.25, -0.2) is 4.68 Å². The summed E-state index contributed by atoms with van der Waals surface area (Å²) in [5.74, 6) is 2.36. The lowest BCUT2D eigenvalue weighted by molar-refractivity contribution is -0.132. The minimum atomic E-state index is 0.182. The molecule has 1 aliphatic rings. The van der Waals surface area contributed by atoms with Gasteiger partial charge in [-0.3, -0.25) is 4.79 Å². The third-order valence-electron chi connectivity index (χ3n) is 6.10. The quantitative estimate of drug-likeness (QED) is 0.547. The fraction of sp³-hybridized carbons (Fsp3) is 0.385. The van der Waals surface area contributed by atoms with Gasteiger partial charge >= 0.3 is 0 Å². The number of aryl methyl sites for hydroxylation is 2. The molecule has 0 spiro atoms. The minimum absolute atomic E-state index is 0.182. The van der Waals surface area contributed by atoms with Gasteiger partial charge in [0.15, 0.2) is 0 Å². The Morgan fingerprint density at radius 1 is 1.00 bits per heavy atom. The maximum Gasteiger partial charge on any atom is 0.226 e. The Kier molecular flexibility index (Phi) is 6.99. The summed E-state index contributed by atoms with van der Waals surface area (Å²) in [6, 6.07) is 15.7. The Bertz CT molecular complexity index is 1100. The van der Waals surface area contributed by atoms with Crippen LogP contribution in [0.5, 0.6) is 17.4 Å². The number of nitrogens with zero attached hydrogens (tertiary/aromatic N) is 4. The standard InChI is InChI=1S/C26H32N4O3/c1-19-6-5-7-23(18-19)33-26-24(12-13-25(31)29-16-14-28(3)15-17-29)20(2)27-30(26)21-8-10-22(32-4)11-9-21/h5-11,18H,12-17H2,1-4H3. The number of carbonyl (C=O) groups excluding carboxylic acids is 1. The first-order valence-electron chi connectivity index (χ1n) is 11.4. The Labute approximate surface area is 195 Å². The summed E-state index contributed by atoms with van der Waals surface area (Å²) in [6.07, 6.45) is 1.01. The van der Waals surface area contributed by atoms with Gasteiger partial charge in [0.1, 0.15) is 11.5 Å². The zero-order valence-electron chi connectivity index (χ0n) is 19.9. The number of piperazine rings is 1. The molecule has 1 aromatic heterocycles. The first-order valence-corrected chi connectivity index (χ1v) is 11.4. The van der Waals surface area contributed by atoms with Crippen molar-refractivity contribution in [3.63, 3.8) is 0 Å². The molecule has 0 atom stereocenters. The van der Waals surface area contributed by atoms with Crippen LogP contribution in [0.1, 0.15) is 23.2 Å². The second-order valence-corrected chi connectivity index (χ2v) is 8.58. The average molecular weight is 449 g/mol. The van der Waals surface area contributed by atoms with Gasteiger partial charge in [0.05, 0.1) is 18.5 Å². The third kappa shape index (κ3) is 5.37. The molecule has 2 heterocycles. The monoisotopic (exact) mass is 448 g/mol. The molecule has 0 saturated carbocycles. The molecule has 0 unspecified atom stereocenters. The zero-order chi connectivity index (χ0) is 23.4. The van der Waals surface area contributed by atoms with Crippen LogP contribution in [-0.4, -0.2) is 65.8 Å². The van der Waals surface area contributed by atoms with E-state index in [0.29, 0.717) is 18.7 Å². The number of rotatable bonds is 7. The summed E-state index contributed by atoms with van der Waals surface area (Å²) in [5.41, 5.74) is 3.80. The van der Waals surface area contributed by atoms with E-state index in [1.807, 2.05) is 72.0 Å². The van der Waals surface area contributed by atoms with E-state index in [1.54, 1.807) is 7.11 Å². The van der Waals surface area contributed by atoms with Gasteiger partial charge in [-0.1, -0.05) is 12.1 Å². The summed E-state index contributed by atoms with van der Waals surface area (Å²) < 4.78 is 13.5. The van der Waals surface area contributed by atoms with Crippen LogP contribution in [0.2, 0.25) is 0 Å². The lowest BCUT2D eigenvalue weighted by Gasteiger charge is -2.32. The smallest absolute Gasteiger partial charge is 0.226 e. The van der Waals surface area contributed by atoms with Crippen LogP contribution in [0.4, 0.5) is 0 Å². The first-order chi connectivity index (χ1) is 15.9. The van der Waals surface area contributed by atoms with Gasteiger partial charge in [0.25, 0.3) is 0 Å². The van der Waals surface area contributed by atoms with Gasteiger partial charge in [0.2, 0.25) is 11.8 Å². The van der Waals surface area contributed by atoms with E-state index in [1.165, 1.54) is 0 Å². The highest BCUT2D eigenvalue weighted by atomic mass is 16.5. The van der Waals surface area contributed by atoms with Crippen molar-refractivity contribution < 1.29 is 14.3 Å². The van der Waals surface area contributed by atoms with Crippen molar-refractivity contribution in [3.05, 3.63) is 65.4 Å². The van der Waals surface area contributed by atoms with Crippen molar-refractivity contribution in [1.29, 1.82) is 0 Å². The second kappa shape index (κ2) is 10.1. The van der Waals surface area contributed by atoms with E-state index in [0.717, 1.165) is 60.2 Å². The van der Waals surface area contributed by atoms with Crippen LogP contribution in [-0.2, 0) is 11.2 Å². The van der Waals surface area contributed by atoms with Crippen LogP contribution in [0.15, 0.2) is 48.5 Å². The maximum atomic E-state index is 12.9. The van der Waals surface area contributed by atoms with Gasteiger partial charge in [-0.2, -0.15) is 5.10 Å². The van der Waals surface area contributed by atoms with Gasteiger partial charge in [0, 0.05) is 38.2 Å². The molecule has 7 heteroatoms. The lowest BCUT2D eigenvalue weighted by atomic mass is 10.1. The molecule has 174 valence electrons. The molecule has 0 bridgehead atoms. The minimum Gasteiger partial charge on any atom is -0.497 e. The van der Waals surface area contributed by atoms with Gasteiger partial charge in [-0.15, -0.1) is 0 Å². The predicted octanol–water partition coefficient (Wildman–Crippen LogP) is 4.00. The summed E-state index contributed by atoms with van der Waals surface area (Å²) in [6.45, 7) is 7.41. The van der Waals surface area contributed by atoms with E-state index in [9.17, 15) is 4.79 Å². The SMILES string of the molecule is COc1ccc(-n2nc(C)c(CCC(=O)N3CCN(C)CC3)c2Oc2cccc(C)c2)cc1. The lowest BCUT2D eigenvalue weighted by Crippen LogP contribution is -2.47. The largest absolute Gasteiger partial charge is 0.497 e. The highest BCUT2D eigenvalue weighted by Gasteiger charge is 2.23.